The van der Waals surface area contributed by atoms with Crippen molar-refractivity contribution in [3.8, 4) is 0 Å². The van der Waals surface area contributed by atoms with Crippen molar-refractivity contribution >= 4 is 46.7 Å². The van der Waals surface area contributed by atoms with Gasteiger partial charge in [-0.05, 0) is 55.0 Å². The third-order valence-corrected chi connectivity index (χ3v) is 7.33. The number of fused-ring (bicyclic) bond motifs is 2. The third kappa shape index (κ3) is 3.37. The topological polar surface area (TPSA) is 86.7 Å². The lowest BCUT2D eigenvalue weighted by Crippen LogP contribution is -2.62. The van der Waals surface area contributed by atoms with Crippen molar-refractivity contribution in [2.75, 3.05) is 11.9 Å². The van der Waals surface area contributed by atoms with E-state index in [9.17, 15) is 19.5 Å². The highest BCUT2D eigenvalue weighted by molar-refractivity contribution is 6.31. The number of carbonyl (C=O) groups is 3. The number of piperidine rings is 1. The number of carboxylic acids is 1. The molecule has 2 aromatic rings. The van der Waals surface area contributed by atoms with Gasteiger partial charge in [-0.25, -0.2) is 0 Å². The van der Waals surface area contributed by atoms with Gasteiger partial charge in [-0.3, -0.25) is 14.4 Å². The zero-order chi connectivity index (χ0) is 22.6. The van der Waals surface area contributed by atoms with Gasteiger partial charge in [-0.2, -0.15) is 0 Å². The molecule has 0 bridgehead atoms. The molecule has 2 unspecified atom stereocenters. The highest BCUT2D eigenvalue weighted by atomic mass is 35.5. The molecule has 1 aliphatic carbocycles. The zero-order valence-corrected chi connectivity index (χ0v) is 18.7. The largest absolute Gasteiger partial charge is 0.481 e. The first-order valence-corrected chi connectivity index (χ1v) is 11.5. The molecule has 32 heavy (non-hydrogen) atoms. The first kappa shape index (κ1) is 21.3. The number of carboxylic acid groups (broad SMARTS) is 1. The fraction of sp³-hybridized carbons (Fsp3) is 0.375. The van der Waals surface area contributed by atoms with Crippen molar-refractivity contribution in [2.24, 2.45) is 11.8 Å². The third-order valence-electron chi connectivity index (χ3n) is 6.86. The second kappa shape index (κ2) is 7.78. The number of rotatable bonds is 5. The van der Waals surface area contributed by atoms with Crippen LogP contribution in [0.1, 0.15) is 42.7 Å². The summed E-state index contributed by atoms with van der Waals surface area (Å²) in [5.41, 5.74) is 0.804. The second-order valence-electron chi connectivity index (χ2n) is 8.94. The molecule has 1 spiro atoms. The fourth-order valence-corrected chi connectivity index (χ4v) is 5.69. The van der Waals surface area contributed by atoms with Crippen LogP contribution in [0.5, 0.6) is 0 Å². The Labute approximate surface area is 195 Å². The quantitative estimate of drug-likeness (QED) is 0.662. The highest BCUT2D eigenvalue weighted by Gasteiger charge is 2.62. The maximum atomic E-state index is 13.8. The summed E-state index contributed by atoms with van der Waals surface area (Å²) in [7, 11) is 0. The van der Waals surface area contributed by atoms with Crippen LogP contribution in [0.4, 0.5) is 5.69 Å². The number of nitrogens with one attached hydrogen (secondary N) is 1. The Balaban J connectivity index is 1.74. The van der Waals surface area contributed by atoms with Crippen LogP contribution in [0.25, 0.3) is 0 Å². The molecule has 2 heterocycles. The number of likely N-dealkylation sites (tertiary alicyclic amines) is 1. The number of amides is 2. The van der Waals surface area contributed by atoms with E-state index in [0.29, 0.717) is 33.8 Å². The van der Waals surface area contributed by atoms with Crippen molar-refractivity contribution in [3.63, 3.8) is 0 Å². The highest BCUT2D eigenvalue weighted by Crippen LogP contribution is 2.56. The van der Waals surface area contributed by atoms with Crippen molar-refractivity contribution in [3.05, 3.63) is 63.6 Å². The molecule has 1 saturated heterocycles. The lowest BCUT2D eigenvalue weighted by molar-refractivity contribution is -0.160. The molecule has 2 aromatic carbocycles. The van der Waals surface area contributed by atoms with Crippen LogP contribution < -0.4 is 5.32 Å². The Morgan fingerprint density at radius 1 is 1.12 bits per heavy atom. The second-order valence-corrected chi connectivity index (χ2v) is 9.81. The van der Waals surface area contributed by atoms with Crippen LogP contribution in [0.15, 0.2) is 42.5 Å². The van der Waals surface area contributed by atoms with Gasteiger partial charge in [0.25, 0.3) is 5.91 Å². The Morgan fingerprint density at radius 3 is 2.56 bits per heavy atom. The summed E-state index contributed by atoms with van der Waals surface area (Å²) >= 11 is 12.5. The zero-order valence-electron chi connectivity index (χ0n) is 17.2. The smallest absolute Gasteiger partial charge is 0.304 e. The van der Waals surface area contributed by atoms with E-state index in [4.69, 9.17) is 23.2 Å². The van der Waals surface area contributed by atoms with Gasteiger partial charge in [0.2, 0.25) is 5.91 Å². The summed E-state index contributed by atoms with van der Waals surface area (Å²) < 4.78 is 0. The van der Waals surface area contributed by atoms with Gasteiger partial charge in [0.1, 0.15) is 0 Å². The molecule has 5 rings (SSSR count). The Bertz CT molecular complexity index is 1130. The first-order valence-electron chi connectivity index (χ1n) is 10.7. The number of hydrogen-bond acceptors (Lipinski definition) is 3. The molecule has 1 saturated carbocycles. The lowest BCUT2D eigenvalue weighted by Gasteiger charge is -2.51. The van der Waals surface area contributed by atoms with Gasteiger partial charge in [0.05, 0.1) is 6.42 Å². The molecule has 2 fully saturated rings. The molecular weight excluding hydrogens is 451 g/mol. The monoisotopic (exact) mass is 472 g/mol. The molecule has 0 radical (unpaired) electrons. The predicted molar refractivity (Wildman–Crippen MR) is 121 cm³/mol. The van der Waals surface area contributed by atoms with Crippen LogP contribution in [0.3, 0.4) is 0 Å². The Hall–Kier alpha value is -2.57. The number of hydrogen-bond donors (Lipinski definition) is 2. The SMILES string of the molecule is O=C(O)C[C@@H]1CC(c2cccc(Cl)c2)C2(C(=O)Nc3cc(Cl)ccc32)N(CC2CC2)C1=O. The van der Waals surface area contributed by atoms with E-state index < -0.39 is 23.3 Å². The number of nitrogens with zero attached hydrogens (tertiary/aromatic N) is 1. The molecule has 6 nitrogen and oxygen atoms in total. The minimum absolute atomic E-state index is 0.238. The standard InChI is InChI=1S/C24H22Cl2N2O4/c25-16-3-1-2-14(8-16)19-9-15(10-21(29)30)22(31)28(12-13-4-5-13)24(19)18-7-6-17(26)11-20(18)27-23(24)32/h1-3,6-8,11,13,15,19H,4-5,9-10,12H2,(H,27,32)(H,29,30)/t15-,19?,24?/m0/s1. The van der Waals surface area contributed by atoms with E-state index in [2.05, 4.69) is 5.32 Å². The molecule has 3 atom stereocenters. The van der Waals surface area contributed by atoms with E-state index in [0.717, 1.165) is 18.4 Å². The van der Waals surface area contributed by atoms with E-state index >= 15 is 0 Å². The molecule has 3 aliphatic rings. The van der Waals surface area contributed by atoms with Gasteiger partial charge in [-0.15, -0.1) is 0 Å². The van der Waals surface area contributed by atoms with Crippen LogP contribution in [0, 0.1) is 11.8 Å². The Morgan fingerprint density at radius 2 is 1.88 bits per heavy atom. The molecular formula is C24H22Cl2N2O4. The maximum Gasteiger partial charge on any atom is 0.304 e. The summed E-state index contributed by atoms with van der Waals surface area (Å²) in [4.78, 5) is 40.7. The molecule has 2 N–H and O–H groups in total. The van der Waals surface area contributed by atoms with Gasteiger partial charge in [0, 0.05) is 39.7 Å². The number of anilines is 1. The minimum Gasteiger partial charge on any atom is -0.481 e. The maximum absolute atomic E-state index is 13.8. The fourth-order valence-electron chi connectivity index (χ4n) is 5.32. The molecule has 2 amide bonds. The molecule has 166 valence electrons. The van der Waals surface area contributed by atoms with E-state index in [1.807, 2.05) is 12.1 Å². The summed E-state index contributed by atoms with van der Waals surface area (Å²) in [6.07, 6.45) is 1.94. The van der Waals surface area contributed by atoms with Gasteiger partial charge in [0.15, 0.2) is 5.54 Å². The van der Waals surface area contributed by atoms with Gasteiger partial charge < -0.3 is 15.3 Å². The van der Waals surface area contributed by atoms with Crippen LogP contribution in [-0.2, 0) is 19.9 Å². The summed E-state index contributed by atoms with van der Waals surface area (Å²) in [6.45, 7) is 0.418. The van der Waals surface area contributed by atoms with Gasteiger partial charge in [-0.1, -0.05) is 41.4 Å². The summed E-state index contributed by atoms with van der Waals surface area (Å²) in [5, 5.41) is 13.4. The Kier molecular flexibility index (Phi) is 5.18. The average Bonchev–Trinajstić information content (AvgIpc) is 3.51. The van der Waals surface area contributed by atoms with Crippen molar-refractivity contribution in [1.82, 2.24) is 4.90 Å². The average molecular weight is 473 g/mol. The normalized spacial score (nSPS) is 26.9. The number of halogens is 2. The van der Waals surface area contributed by atoms with Crippen LogP contribution >= 0.6 is 23.2 Å². The summed E-state index contributed by atoms with van der Waals surface area (Å²) in [5.74, 6) is -2.46. The van der Waals surface area contributed by atoms with Crippen LogP contribution in [-0.4, -0.2) is 34.3 Å². The van der Waals surface area contributed by atoms with Crippen LogP contribution in [0.2, 0.25) is 10.0 Å². The van der Waals surface area contributed by atoms with Crippen molar-refractivity contribution in [2.45, 2.75) is 37.1 Å². The number of benzene rings is 2. The number of aliphatic carboxylic acids is 1. The molecule has 0 aromatic heterocycles. The predicted octanol–water partition coefficient (Wildman–Crippen LogP) is 4.66. The van der Waals surface area contributed by atoms with E-state index in [1.54, 1.807) is 35.2 Å². The molecule has 2 aliphatic heterocycles. The minimum atomic E-state index is -1.28. The lowest BCUT2D eigenvalue weighted by atomic mass is 9.66. The van der Waals surface area contributed by atoms with Crippen molar-refractivity contribution < 1.29 is 19.5 Å². The van der Waals surface area contributed by atoms with Crippen molar-refractivity contribution in [1.29, 1.82) is 0 Å². The first-order chi connectivity index (χ1) is 15.3. The molecule has 8 heteroatoms. The van der Waals surface area contributed by atoms with E-state index in [-0.39, 0.29) is 24.7 Å². The summed E-state index contributed by atoms with van der Waals surface area (Å²) in [6, 6.07) is 12.5. The van der Waals surface area contributed by atoms with E-state index in [1.165, 1.54) is 0 Å². The number of carbonyl (C=O) groups excluding carboxylic acids is 2. The van der Waals surface area contributed by atoms with Gasteiger partial charge >= 0.3 is 5.97 Å².